The van der Waals surface area contributed by atoms with E-state index >= 15 is 0 Å². The van der Waals surface area contributed by atoms with Crippen molar-refractivity contribution in [3.8, 4) is 11.1 Å². The largest absolute Gasteiger partial charge is 0.232 e. The van der Waals surface area contributed by atoms with E-state index in [1.54, 1.807) is 0 Å². The Bertz CT molecular complexity index is 1020. The van der Waals surface area contributed by atoms with Gasteiger partial charge in [0.1, 0.15) is 5.16 Å². The Morgan fingerprint density at radius 3 is 1.86 bits per heavy atom. The Morgan fingerprint density at radius 1 is 0.607 bits per heavy atom. The fourth-order valence-electron chi connectivity index (χ4n) is 3.26. The van der Waals surface area contributed by atoms with E-state index in [2.05, 4.69) is 53.5 Å². The monoisotopic (exact) mass is 384 g/mol. The second-order valence-electron chi connectivity index (χ2n) is 6.72. The van der Waals surface area contributed by atoms with Crippen molar-refractivity contribution in [2.45, 2.75) is 19.3 Å². The average Bonchev–Trinajstić information content (AvgIpc) is 2.85. The Labute approximate surface area is 170 Å². The second-order valence-corrected chi connectivity index (χ2v) is 7.11. The van der Waals surface area contributed by atoms with Gasteiger partial charge in [0.15, 0.2) is 5.84 Å². The van der Waals surface area contributed by atoms with Crippen LogP contribution in [0.3, 0.4) is 0 Å². The van der Waals surface area contributed by atoms with Gasteiger partial charge in [0.05, 0.1) is 5.71 Å². The summed E-state index contributed by atoms with van der Waals surface area (Å²) in [5.74, 6) is 0.654. The molecular formula is C25H21ClN2. The van der Waals surface area contributed by atoms with Crippen LogP contribution in [0.25, 0.3) is 11.1 Å². The second kappa shape index (κ2) is 8.81. The molecule has 0 atom stereocenters. The minimum atomic E-state index is 0.500. The van der Waals surface area contributed by atoms with Crippen molar-refractivity contribution in [3.63, 3.8) is 0 Å². The van der Waals surface area contributed by atoms with Crippen molar-refractivity contribution in [3.05, 3.63) is 107 Å². The minimum Gasteiger partial charge on any atom is -0.232 e. The zero-order valence-corrected chi connectivity index (χ0v) is 16.3. The molecule has 4 rings (SSSR count). The Hall–Kier alpha value is -2.97. The van der Waals surface area contributed by atoms with Crippen molar-refractivity contribution in [2.75, 3.05) is 0 Å². The summed E-state index contributed by atoms with van der Waals surface area (Å²) in [4.78, 5) is 9.53. The lowest BCUT2D eigenvalue weighted by atomic mass is 10.0. The molecule has 0 fully saturated rings. The first-order valence-electron chi connectivity index (χ1n) is 9.53. The Kier molecular flexibility index (Phi) is 5.79. The number of hydrogen-bond donors (Lipinski definition) is 0. The van der Waals surface area contributed by atoms with Crippen LogP contribution in [0.15, 0.2) is 106 Å². The molecule has 3 heteroatoms. The first-order valence-corrected chi connectivity index (χ1v) is 9.90. The molecule has 0 bridgehead atoms. The predicted octanol–water partition coefficient (Wildman–Crippen LogP) is 6.85. The number of halogens is 1. The van der Waals surface area contributed by atoms with Crippen LogP contribution < -0.4 is 0 Å². The highest BCUT2D eigenvalue weighted by molar-refractivity contribution is 6.30. The molecular weight excluding hydrogens is 364 g/mol. The summed E-state index contributed by atoms with van der Waals surface area (Å²) in [5.41, 5.74) is 5.50. The molecule has 0 amide bonds. The van der Waals surface area contributed by atoms with Gasteiger partial charge in [-0.15, -0.1) is 0 Å². The zero-order chi connectivity index (χ0) is 19.2. The lowest BCUT2D eigenvalue weighted by molar-refractivity contribution is 0.893. The number of benzene rings is 3. The molecule has 0 radical (unpaired) electrons. The van der Waals surface area contributed by atoms with Gasteiger partial charge in [-0.05, 0) is 42.0 Å². The maximum atomic E-state index is 6.34. The quantitative estimate of drug-likeness (QED) is 0.441. The van der Waals surface area contributed by atoms with Crippen molar-refractivity contribution < 1.29 is 0 Å². The molecule has 138 valence electrons. The lowest BCUT2D eigenvalue weighted by Crippen LogP contribution is -2.06. The number of hydrogen-bond acceptors (Lipinski definition) is 2. The Morgan fingerprint density at radius 2 is 1.18 bits per heavy atom. The van der Waals surface area contributed by atoms with Crippen molar-refractivity contribution in [1.82, 2.24) is 0 Å². The van der Waals surface area contributed by atoms with E-state index < -0.39 is 0 Å². The number of aliphatic imine (C=N–C) groups is 2. The summed E-state index contributed by atoms with van der Waals surface area (Å²) in [6.07, 6.45) is 4.77. The van der Waals surface area contributed by atoms with E-state index in [1.807, 2.05) is 42.5 Å². The standard InChI is InChI=1S/C25H21ClN2/c26-24-14-8-7-13-23(21-11-5-2-6-12-21)27-25(28-24)22-17-15-20(16-18-22)19-9-3-1-4-10-19/h1-6,9-12,14-18H,7-8,13H2/b24-14-,27-23?,28-25-. The highest BCUT2D eigenvalue weighted by atomic mass is 35.5. The zero-order valence-electron chi connectivity index (χ0n) is 15.6. The van der Waals surface area contributed by atoms with E-state index in [4.69, 9.17) is 16.6 Å². The average molecular weight is 385 g/mol. The molecule has 1 aliphatic heterocycles. The van der Waals surface area contributed by atoms with Gasteiger partial charge in [0.25, 0.3) is 0 Å². The van der Waals surface area contributed by atoms with Crippen LogP contribution in [-0.4, -0.2) is 11.5 Å². The SMILES string of the molecule is ClC1=C/CCCC(c2ccccc2)=N/C(c2ccc(-c3ccccc3)cc2)=N\1. The van der Waals surface area contributed by atoms with Crippen LogP contribution in [0.4, 0.5) is 0 Å². The molecule has 0 spiro atoms. The third-order valence-corrected chi connectivity index (χ3v) is 4.98. The summed E-state index contributed by atoms with van der Waals surface area (Å²) >= 11 is 6.34. The van der Waals surface area contributed by atoms with E-state index in [-0.39, 0.29) is 0 Å². The minimum absolute atomic E-state index is 0.500. The molecule has 0 aliphatic carbocycles. The van der Waals surface area contributed by atoms with Crippen LogP contribution in [0.5, 0.6) is 0 Å². The van der Waals surface area contributed by atoms with Crippen LogP contribution in [-0.2, 0) is 0 Å². The third-order valence-electron chi connectivity index (χ3n) is 4.74. The van der Waals surface area contributed by atoms with Gasteiger partial charge in [-0.1, -0.05) is 96.5 Å². The van der Waals surface area contributed by atoms with Crippen LogP contribution in [0, 0.1) is 0 Å². The van der Waals surface area contributed by atoms with Gasteiger partial charge in [-0.25, -0.2) is 9.98 Å². The van der Waals surface area contributed by atoms with Crippen LogP contribution in [0.1, 0.15) is 30.4 Å². The number of allylic oxidation sites excluding steroid dienone is 1. The fraction of sp³-hybridized carbons (Fsp3) is 0.120. The molecule has 0 aromatic heterocycles. The summed E-state index contributed by atoms with van der Waals surface area (Å²) in [5, 5.41) is 0.500. The maximum absolute atomic E-state index is 6.34. The highest BCUT2D eigenvalue weighted by Crippen LogP contribution is 2.22. The molecule has 1 aliphatic rings. The number of nitrogens with zero attached hydrogens (tertiary/aromatic N) is 2. The number of rotatable bonds is 3. The molecule has 3 aromatic carbocycles. The Balaban J connectivity index is 1.73. The van der Waals surface area contributed by atoms with E-state index in [0.29, 0.717) is 11.0 Å². The number of amidine groups is 1. The fourth-order valence-corrected chi connectivity index (χ4v) is 3.45. The summed E-state index contributed by atoms with van der Waals surface area (Å²) in [6, 6.07) is 29.0. The lowest BCUT2D eigenvalue weighted by Gasteiger charge is -2.08. The van der Waals surface area contributed by atoms with Gasteiger partial charge >= 0.3 is 0 Å². The molecule has 0 unspecified atom stereocenters. The van der Waals surface area contributed by atoms with E-state index in [1.165, 1.54) is 11.1 Å². The van der Waals surface area contributed by atoms with Gasteiger partial charge in [0.2, 0.25) is 0 Å². The molecule has 28 heavy (non-hydrogen) atoms. The smallest absolute Gasteiger partial charge is 0.161 e. The third kappa shape index (κ3) is 4.47. The topological polar surface area (TPSA) is 24.7 Å². The molecule has 2 nitrogen and oxygen atoms in total. The molecule has 1 heterocycles. The van der Waals surface area contributed by atoms with Gasteiger partial charge < -0.3 is 0 Å². The van der Waals surface area contributed by atoms with E-state index in [9.17, 15) is 0 Å². The summed E-state index contributed by atoms with van der Waals surface area (Å²) in [7, 11) is 0. The first kappa shape index (κ1) is 18.4. The van der Waals surface area contributed by atoms with Crippen molar-refractivity contribution in [1.29, 1.82) is 0 Å². The molecule has 0 N–H and O–H groups in total. The van der Waals surface area contributed by atoms with Gasteiger partial charge in [-0.3, -0.25) is 0 Å². The van der Waals surface area contributed by atoms with E-state index in [0.717, 1.165) is 36.1 Å². The molecule has 0 saturated carbocycles. The maximum Gasteiger partial charge on any atom is 0.161 e. The molecule has 0 saturated heterocycles. The van der Waals surface area contributed by atoms with Crippen molar-refractivity contribution in [2.24, 2.45) is 9.98 Å². The normalized spacial score (nSPS) is 18.5. The van der Waals surface area contributed by atoms with Gasteiger partial charge in [-0.2, -0.15) is 0 Å². The highest BCUT2D eigenvalue weighted by Gasteiger charge is 2.11. The predicted molar refractivity (Wildman–Crippen MR) is 119 cm³/mol. The summed E-state index contributed by atoms with van der Waals surface area (Å²) < 4.78 is 0. The van der Waals surface area contributed by atoms with Crippen LogP contribution in [0.2, 0.25) is 0 Å². The first-order chi connectivity index (χ1) is 13.8. The van der Waals surface area contributed by atoms with Crippen LogP contribution >= 0.6 is 11.6 Å². The summed E-state index contributed by atoms with van der Waals surface area (Å²) in [6.45, 7) is 0. The molecule has 3 aromatic rings. The van der Waals surface area contributed by atoms with Crippen molar-refractivity contribution >= 4 is 23.1 Å². The van der Waals surface area contributed by atoms with Gasteiger partial charge in [0, 0.05) is 5.56 Å².